The zero-order valence-corrected chi connectivity index (χ0v) is 10.8. The van der Waals surface area contributed by atoms with Gasteiger partial charge < -0.3 is 5.32 Å². The van der Waals surface area contributed by atoms with Crippen molar-refractivity contribution >= 4 is 9.84 Å². The van der Waals surface area contributed by atoms with Crippen molar-refractivity contribution in [3.63, 3.8) is 0 Å². The third-order valence-corrected chi connectivity index (χ3v) is 5.87. The molecule has 1 rings (SSSR count). The van der Waals surface area contributed by atoms with Crippen molar-refractivity contribution in [1.82, 2.24) is 5.32 Å². The van der Waals surface area contributed by atoms with E-state index >= 15 is 0 Å². The van der Waals surface area contributed by atoms with E-state index in [1.165, 1.54) is 25.7 Å². The Balaban J connectivity index is 2.38. The van der Waals surface area contributed by atoms with Crippen LogP contribution in [0.25, 0.3) is 0 Å². The second-order valence-corrected chi connectivity index (χ2v) is 7.76. The van der Waals surface area contributed by atoms with Crippen LogP contribution < -0.4 is 5.32 Å². The third kappa shape index (κ3) is 3.45. The van der Waals surface area contributed by atoms with Gasteiger partial charge in [-0.1, -0.05) is 12.8 Å². The fourth-order valence-electron chi connectivity index (χ4n) is 2.04. The van der Waals surface area contributed by atoms with Crippen LogP contribution >= 0.6 is 0 Å². The number of sulfone groups is 1. The standard InChI is InChI=1S/C11H23NO2S/c1-9(2)15(13,14)10(3)8-12-11-6-4-5-7-11/h9-12H,4-8H2,1-3H3. The van der Waals surface area contributed by atoms with Crippen LogP contribution in [0, 0.1) is 0 Å². The van der Waals surface area contributed by atoms with E-state index in [0.29, 0.717) is 12.6 Å². The topological polar surface area (TPSA) is 46.2 Å². The molecule has 0 aromatic rings. The molecule has 0 amide bonds. The van der Waals surface area contributed by atoms with Crippen molar-refractivity contribution in [1.29, 1.82) is 0 Å². The summed E-state index contributed by atoms with van der Waals surface area (Å²) < 4.78 is 23.6. The highest BCUT2D eigenvalue weighted by Gasteiger charge is 2.25. The van der Waals surface area contributed by atoms with E-state index in [1.54, 1.807) is 20.8 Å². The SMILES string of the molecule is CC(C)S(=O)(=O)C(C)CNC1CCCC1. The minimum Gasteiger partial charge on any atom is -0.313 e. The van der Waals surface area contributed by atoms with E-state index in [2.05, 4.69) is 5.32 Å². The van der Waals surface area contributed by atoms with Gasteiger partial charge in [-0.15, -0.1) is 0 Å². The average Bonchev–Trinajstić information content (AvgIpc) is 2.66. The smallest absolute Gasteiger partial charge is 0.156 e. The molecule has 0 aliphatic heterocycles. The predicted octanol–water partition coefficient (Wildman–Crippen LogP) is 1.73. The van der Waals surface area contributed by atoms with Crippen LogP contribution in [-0.4, -0.2) is 31.5 Å². The molecule has 4 heteroatoms. The molecule has 0 aromatic heterocycles. The van der Waals surface area contributed by atoms with Crippen LogP contribution in [0.4, 0.5) is 0 Å². The normalized spacial score (nSPS) is 21.1. The molecule has 90 valence electrons. The fraction of sp³-hybridized carbons (Fsp3) is 1.00. The van der Waals surface area contributed by atoms with Gasteiger partial charge in [-0.25, -0.2) is 8.42 Å². The molecule has 1 aliphatic carbocycles. The molecule has 1 aliphatic rings. The maximum absolute atomic E-state index is 11.8. The first kappa shape index (κ1) is 13.0. The number of hydrogen-bond donors (Lipinski definition) is 1. The molecule has 0 heterocycles. The van der Waals surface area contributed by atoms with E-state index in [4.69, 9.17) is 0 Å². The predicted molar refractivity (Wildman–Crippen MR) is 63.8 cm³/mol. The molecule has 1 N–H and O–H groups in total. The van der Waals surface area contributed by atoms with E-state index in [0.717, 1.165) is 0 Å². The first-order chi connectivity index (χ1) is 6.94. The van der Waals surface area contributed by atoms with Crippen molar-refractivity contribution in [3.05, 3.63) is 0 Å². The lowest BCUT2D eigenvalue weighted by Crippen LogP contribution is -2.38. The zero-order chi connectivity index (χ0) is 11.5. The van der Waals surface area contributed by atoms with Crippen molar-refractivity contribution < 1.29 is 8.42 Å². The van der Waals surface area contributed by atoms with Gasteiger partial charge in [0.05, 0.1) is 10.5 Å². The quantitative estimate of drug-likeness (QED) is 0.786. The summed E-state index contributed by atoms with van der Waals surface area (Å²) in [5.41, 5.74) is 0. The molecule has 1 atom stereocenters. The Kier molecular flexibility index (Phi) is 4.59. The summed E-state index contributed by atoms with van der Waals surface area (Å²) in [7, 11) is -2.93. The van der Waals surface area contributed by atoms with Crippen LogP contribution in [-0.2, 0) is 9.84 Å². The van der Waals surface area contributed by atoms with Gasteiger partial charge in [-0.2, -0.15) is 0 Å². The Hall–Kier alpha value is -0.0900. The molecule has 0 aromatic carbocycles. The first-order valence-electron chi connectivity index (χ1n) is 5.90. The Labute approximate surface area is 93.6 Å². The fourth-order valence-corrected chi connectivity index (χ4v) is 3.30. The van der Waals surface area contributed by atoms with Crippen LogP contribution in [0.1, 0.15) is 46.5 Å². The second kappa shape index (κ2) is 5.30. The van der Waals surface area contributed by atoms with Crippen LogP contribution in [0.15, 0.2) is 0 Å². The average molecular weight is 233 g/mol. The van der Waals surface area contributed by atoms with Gasteiger partial charge in [0.2, 0.25) is 0 Å². The van der Waals surface area contributed by atoms with Gasteiger partial charge in [0.25, 0.3) is 0 Å². The molecule has 1 saturated carbocycles. The minimum atomic E-state index is -2.93. The van der Waals surface area contributed by atoms with Crippen LogP contribution in [0.3, 0.4) is 0 Å². The lowest BCUT2D eigenvalue weighted by atomic mass is 10.2. The Morgan fingerprint density at radius 3 is 2.20 bits per heavy atom. The maximum atomic E-state index is 11.8. The molecule has 15 heavy (non-hydrogen) atoms. The van der Waals surface area contributed by atoms with Gasteiger partial charge in [0.15, 0.2) is 9.84 Å². The largest absolute Gasteiger partial charge is 0.313 e. The molecule has 1 unspecified atom stereocenters. The monoisotopic (exact) mass is 233 g/mol. The highest BCUT2D eigenvalue weighted by molar-refractivity contribution is 7.92. The van der Waals surface area contributed by atoms with E-state index in [-0.39, 0.29) is 10.5 Å². The van der Waals surface area contributed by atoms with E-state index in [1.807, 2.05) is 0 Å². The molecule has 0 radical (unpaired) electrons. The summed E-state index contributed by atoms with van der Waals surface area (Å²) in [6, 6.07) is 0.551. The Morgan fingerprint density at radius 2 is 1.73 bits per heavy atom. The van der Waals surface area contributed by atoms with E-state index < -0.39 is 9.84 Å². The summed E-state index contributed by atoms with van der Waals surface area (Å²) in [5, 5.41) is 2.83. The van der Waals surface area contributed by atoms with Gasteiger partial charge in [0, 0.05) is 12.6 Å². The summed E-state index contributed by atoms with van der Waals surface area (Å²) in [5.74, 6) is 0. The molecular weight excluding hydrogens is 210 g/mol. The van der Waals surface area contributed by atoms with E-state index in [9.17, 15) is 8.42 Å². The third-order valence-electron chi connectivity index (χ3n) is 3.27. The first-order valence-corrected chi connectivity index (χ1v) is 7.51. The van der Waals surface area contributed by atoms with Crippen molar-refractivity contribution in [3.8, 4) is 0 Å². The highest BCUT2D eigenvalue weighted by atomic mass is 32.2. The zero-order valence-electron chi connectivity index (χ0n) is 9.99. The van der Waals surface area contributed by atoms with Crippen molar-refractivity contribution in [2.75, 3.05) is 6.54 Å². The molecule has 0 saturated heterocycles. The van der Waals surface area contributed by atoms with Gasteiger partial charge in [-0.05, 0) is 33.6 Å². The van der Waals surface area contributed by atoms with Crippen molar-refractivity contribution in [2.45, 2.75) is 63.0 Å². The number of nitrogens with one attached hydrogen (secondary N) is 1. The summed E-state index contributed by atoms with van der Waals surface area (Å²) in [6.45, 7) is 5.91. The Bertz CT molecular complexity index is 279. The number of rotatable bonds is 5. The molecule has 3 nitrogen and oxygen atoms in total. The lowest BCUT2D eigenvalue weighted by Gasteiger charge is -2.19. The summed E-state index contributed by atoms with van der Waals surface area (Å²) in [6.07, 6.45) is 4.97. The molecule has 0 bridgehead atoms. The summed E-state index contributed by atoms with van der Waals surface area (Å²) in [4.78, 5) is 0. The lowest BCUT2D eigenvalue weighted by molar-refractivity contribution is 0.510. The molecule has 1 fully saturated rings. The maximum Gasteiger partial charge on any atom is 0.156 e. The molecule has 0 spiro atoms. The highest BCUT2D eigenvalue weighted by Crippen LogP contribution is 2.18. The molecular formula is C11H23NO2S. The van der Waals surface area contributed by atoms with Crippen molar-refractivity contribution in [2.24, 2.45) is 0 Å². The number of hydrogen-bond acceptors (Lipinski definition) is 3. The minimum absolute atomic E-state index is 0.266. The van der Waals surface area contributed by atoms with Crippen LogP contribution in [0.2, 0.25) is 0 Å². The summed E-state index contributed by atoms with van der Waals surface area (Å²) >= 11 is 0. The van der Waals surface area contributed by atoms with Crippen LogP contribution in [0.5, 0.6) is 0 Å². The second-order valence-electron chi connectivity index (χ2n) is 4.84. The van der Waals surface area contributed by atoms with Gasteiger partial charge in [-0.3, -0.25) is 0 Å². The Morgan fingerprint density at radius 1 is 1.20 bits per heavy atom. The van der Waals surface area contributed by atoms with Gasteiger partial charge >= 0.3 is 0 Å². The van der Waals surface area contributed by atoms with Gasteiger partial charge in [0.1, 0.15) is 0 Å².